The summed E-state index contributed by atoms with van der Waals surface area (Å²) in [6, 6.07) is 0. The van der Waals surface area contributed by atoms with E-state index in [-0.39, 0.29) is 6.54 Å². The highest BCUT2D eigenvalue weighted by Crippen LogP contribution is 2.35. The van der Waals surface area contributed by atoms with Crippen LogP contribution in [0.2, 0.25) is 0 Å². The van der Waals surface area contributed by atoms with Crippen molar-refractivity contribution in [2.24, 2.45) is 0 Å². The second-order valence-corrected chi connectivity index (χ2v) is 4.61. The maximum Gasteiger partial charge on any atom is 0.425 e. The predicted molar refractivity (Wildman–Crippen MR) is 60.9 cm³/mol. The van der Waals surface area contributed by atoms with Crippen LogP contribution in [0.4, 0.5) is 39.5 Å². The molecule has 12 heteroatoms. The Balaban J connectivity index is 4.65. The van der Waals surface area contributed by atoms with Crippen molar-refractivity contribution >= 4 is 0 Å². The molecular formula is C11H16F9NO2. The number of hydrogen-bond acceptors (Lipinski definition) is 3. The van der Waals surface area contributed by atoms with Gasteiger partial charge in [0.15, 0.2) is 0 Å². The Bertz CT molecular complexity index is 351. The Morgan fingerprint density at radius 1 is 0.957 bits per heavy atom. The summed E-state index contributed by atoms with van der Waals surface area (Å²) >= 11 is 0. The normalized spacial score (nSPS) is 16.7. The standard InChI is InChI=1S/C11H16F9NO2/c1-2-21(3-4-22)8(13)10(16,17)6-23-5-9(14,15)7(12)11(18,19)20/h7-8,22H,2-6H2,1H3. The molecule has 140 valence electrons. The van der Waals surface area contributed by atoms with Crippen molar-refractivity contribution in [3.8, 4) is 0 Å². The number of hydrogen-bond donors (Lipinski definition) is 1. The largest absolute Gasteiger partial charge is 0.425 e. The lowest BCUT2D eigenvalue weighted by molar-refractivity contribution is -0.261. The minimum absolute atomic E-state index is 0.256. The summed E-state index contributed by atoms with van der Waals surface area (Å²) in [6.07, 6.45) is -13.5. The predicted octanol–water partition coefficient (Wildman–Crippen LogP) is 2.78. The Morgan fingerprint density at radius 3 is 1.83 bits per heavy atom. The van der Waals surface area contributed by atoms with Gasteiger partial charge in [0.2, 0.25) is 6.30 Å². The molecule has 0 saturated heterocycles. The van der Waals surface area contributed by atoms with Crippen LogP contribution in [0, 0.1) is 0 Å². The van der Waals surface area contributed by atoms with Gasteiger partial charge in [-0.05, 0) is 6.54 Å². The minimum atomic E-state index is -5.89. The fourth-order valence-electron chi connectivity index (χ4n) is 1.53. The molecule has 0 aliphatic rings. The quantitative estimate of drug-likeness (QED) is 0.477. The van der Waals surface area contributed by atoms with Gasteiger partial charge in [0.05, 0.1) is 6.61 Å². The molecule has 0 aliphatic carbocycles. The molecule has 0 aromatic carbocycles. The van der Waals surface area contributed by atoms with Crippen LogP contribution in [0.5, 0.6) is 0 Å². The third kappa shape index (κ3) is 6.71. The summed E-state index contributed by atoms with van der Waals surface area (Å²) in [5, 5.41) is 8.57. The van der Waals surface area contributed by atoms with Gasteiger partial charge in [-0.3, -0.25) is 4.90 Å². The van der Waals surface area contributed by atoms with Crippen LogP contribution < -0.4 is 0 Å². The molecule has 0 fully saturated rings. The van der Waals surface area contributed by atoms with Crippen LogP contribution in [0.3, 0.4) is 0 Å². The fourth-order valence-corrected chi connectivity index (χ4v) is 1.53. The average molecular weight is 365 g/mol. The molecule has 0 rings (SSSR count). The van der Waals surface area contributed by atoms with Gasteiger partial charge in [0.1, 0.15) is 13.2 Å². The number of rotatable bonds is 10. The lowest BCUT2D eigenvalue weighted by Crippen LogP contribution is -2.50. The highest BCUT2D eigenvalue weighted by atomic mass is 19.4. The van der Waals surface area contributed by atoms with Gasteiger partial charge >= 0.3 is 18.0 Å². The molecule has 0 aliphatic heterocycles. The summed E-state index contributed by atoms with van der Waals surface area (Å²) < 4.78 is 118. The summed E-state index contributed by atoms with van der Waals surface area (Å²) in [4.78, 5) is 0.467. The molecule has 1 N–H and O–H groups in total. The molecule has 2 unspecified atom stereocenters. The van der Waals surface area contributed by atoms with Gasteiger partial charge in [-0.1, -0.05) is 6.92 Å². The van der Waals surface area contributed by atoms with E-state index in [0.29, 0.717) is 4.90 Å². The van der Waals surface area contributed by atoms with Crippen molar-refractivity contribution in [2.45, 2.75) is 37.4 Å². The lowest BCUT2D eigenvalue weighted by Gasteiger charge is -2.30. The monoisotopic (exact) mass is 365 g/mol. The minimum Gasteiger partial charge on any atom is -0.395 e. The first-order valence-electron chi connectivity index (χ1n) is 6.32. The van der Waals surface area contributed by atoms with Gasteiger partial charge in [-0.25, -0.2) is 17.6 Å². The topological polar surface area (TPSA) is 32.7 Å². The second kappa shape index (κ2) is 8.38. The van der Waals surface area contributed by atoms with Gasteiger partial charge in [0.25, 0.3) is 6.17 Å². The summed E-state index contributed by atoms with van der Waals surface area (Å²) in [6.45, 7) is -4.38. The van der Waals surface area contributed by atoms with Crippen LogP contribution in [-0.4, -0.2) is 73.4 Å². The number of aliphatic hydroxyl groups excluding tert-OH is 1. The molecule has 0 radical (unpaired) electrons. The van der Waals surface area contributed by atoms with Gasteiger partial charge in [-0.15, -0.1) is 0 Å². The summed E-state index contributed by atoms with van der Waals surface area (Å²) in [7, 11) is 0. The van der Waals surface area contributed by atoms with Crippen molar-refractivity contribution in [1.29, 1.82) is 0 Å². The Labute approximate surface area is 126 Å². The van der Waals surface area contributed by atoms with Crippen molar-refractivity contribution in [3.63, 3.8) is 0 Å². The zero-order valence-electron chi connectivity index (χ0n) is 11.9. The van der Waals surface area contributed by atoms with Crippen LogP contribution in [0.15, 0.2) is 0 Å². The summed E-state index contributed by atoms with van der Waals surface area (Å²) in [5.74, 6) is -9.43. The SMILES string of the molecule is CCN(CCO)C(F)C(F)(F)COCC(F)(F)C(F)C(F)(F)F. The highest BCUT2D eigenvalue weighted by Gasteiger charge is 2.57. The Kier molecular flexibility index (Phi) is 8.10. The van der Waals surface area contributed by atoms with Crippen LogP contribution >= 0.6 is 0 Å². The molecule has 0 amide bonds. The third-order valence-electron chi connectivity index (χ3n) is 2.71. The van der Waals surface area contributed by atoms with E-state index < -0.39 is 56.9 Å². The number of nitrogens with zero attached hydrogens (tertiary/aromatic N) is 1. The maximum absolute atomic E-state index is 13.5. The van der Waals surface area contributed by atoms with Crippen LogP contribution in [0.25, 0.3) is 0 Å². The number of likely N-dealkylation sites (N-methyl/N-ethyl adjacent to an activating group) is 1. The number of halogens is 9. The van der Waals surface area contributed by atoms with E-state index in [2.05, 4.69) is 4.74 Å². The number of alkyl halides is 9. The Morgan fingerprint density at radius 2 is 1.43 bits per heavy atom. The van der Waals surface area contributed by atoms with E-state index in [4.69, 9.17) is 5.11 Å². The molecule has 0 spiro atoms. The third-order valence-corrected chi connectivity index (χ3v) is 2.71. The van der Waals surface area contributed by atoms with Crippen molar-refractivity contribution in [2.75, 3.05) is 32.9 Å². The number of ether oxygens (including phenoxy) is 1. The van der Waals surface area contributed by atoms with E-state index in [1.54, 1.807) is 0 Å². The molecule has 0 aromatic rings. The lowest BCUT2D eigenvalue weighted by atomic mass is 10.2. The zero-order valence-corrected chi connectivity index (χ0v) is 11.9. The number of aliphatic hydroxyl groups is 1. The molecule has 23 heavy (non-hydrogen) atoms. The highest BCUT2D eigenvalue weighted by molar-refractivity contribution is 4.84. The maximum atomic E-state index is 13.5. The second-order valence-electron chi connectivity index (χ2n) is 4.61. The van der Waals surface area contributed by atoms with Crippen molar-refractivity contribution in [1.82, 2.24) is 4.90 Å². The summed E-state index contributed by atoms with van der Waals surface area (Å²) in [5.41, 5.74) is 0. The van der Waals surface area contributed by atoms with Crippen LogP contribution in [0.1, 0.15) is 6.92 Å². The van der Waals surface area contributed by atoms with Crippen molar-refractivity contribution < 1.29 is 49.4 Å². The van der Waals surface area contributed by atoms with E-state index in [1.165, 1.54) is 6.92 Å². The smallest absolute Gasteiger partial charge is 0.395 e. The van der Waals surface area contributed by atoms with Crippen LogP contribution in [-0.2, 0) is 4.74 Å². The van der Waals surface area contributed by atoms with E-state index in [1.807, 2.05) is 0 Å². The van der Waals surface area contributed by atoms with Gasteiger partial charge in [0, 0.05) is 6.54 Å². The van der Waals surface area contributed by atoms with Crippen molar-refractivity contribution in [3.05, 3.63) is 0 Å². The van der Waals surface area contributed by atoms with E-state index in [9.17, 15) is 39.5 Å². The molecule has 0 heterocycles. The molecule has 2 atom stereocenters. The molecule has 0 aromatic heterocycles. The van der Waals surface area contributed by atoms with Gasteiger partial charge < -0.3 is 9.84 Å². The first kappa shape index (κ1) is 22.2. The molecule has 0 saturated carbocycles. The molecule has 3 nitrogen and oxygen atoms in total. The first-order valence-corrected chi connectivity index (χ1v) is 6.32. The zero-order chi connectivity index (χ0) is 18.5. The van der Waals surface area contributed by atoms with E-state index in [0.717, 1.165) is 0 Å². The fraction of sp³-hybridized carbons (Fsp3) is 1.00. The molecule has 0 bridgehead atoms. The average Bonchev–Trinajstić information content (AvgIpc) is 2.41. The van der Waals surface area contributed by atoms with E-state index >= 15 is 0 Å². The first-order chi connectivity index (χ1) is 10.3. The Hall–Kier alpha value is -0.750. The molecular weight excluding hydrogens is 349 g/mol. The van der Waals surface area contributed by atoms with Gasteiger partial charge in [-0.2, -0.15) is 22.0 Å².